The lowest BCUT2D eigenvalue weighted by Gasteiger charge is -2.30. The van der Waals surface area contributed by atoms with Crippen LogP contribution in [0.15, 0.2) is 0 Å². The molecule has 27 heavy (non-hydrogen) atoms. The van der Waals surface area contributed by atoms with Gasteiger partial charge in [0.15, 0.2) is 0 Å². The molecule has 0 spiro atoms. The third-order valence-corrected chi connectivity index (χ3v) is 7.11. The second-order valence-electron chi connectivity index (χ2n) is 7.98. The SMILES string of the molecule is C[C@H]1CCc2c(sc3nc(CN4CCOCC4)nc(N4CCOCC4)c23)C1. The van der Waals surface area contributed by atoms with Gasteiger partial charge in [0.2, 0.25) is 0 Å². The molecule has 4 heterocycles. The van der Waals surface area contributed by atoms with Gasteiger partial charge < -0.3 is 14.4 Å². The van der Waals surface area contributed by atoms with Gasteiger partial charge in [-0.25, -0.2) is 9.97 Å². The molecular formula is C20H28N4O2S. The van der Waals surface area contributed by atoms with E-state index in [9.17, 15) is 0 Å². The number of aromatic nitrogens is 2. The van der Waals surface area contributed by atoms with Crippen molar-refractivity contribution >= 4 is 27.4 Å². The van der Waals surface area contributed by atoms with Crippen molar-refractivity contribution < 1.29 is 9.47 Å². The van der Waals surface area contributed by atoms with Crippen LogP contribution in [0.3, 0.4) is 0 Å². The first-order valence-electron chi connectivity index (χ1n) is 10.2. The Morgan fingerprint density at radius 3 is 2.56 bits per heavy atom. The fraction of sp³-hybridized carbons (Fsp3) is 0.700. The van der Waals surface area contributed by atoms with Crippen LogP contribution in [0, 0.1) is 5.92 Å². The van der Waals surface area contributed by atoms with Gasteiger partial charge in [-0.15, -0.1) is 11.3 Å². The average Bonchev–Trinajstić information content (AvgIpc) is 3.06. The van der Waals surface area contributed by atoms with E-state index in [0.717, 1.165) is 76.7 Å². The molecule has 1 atom stereocenters. The summed E-state index contributed by atoms with van der Waals surface area (Å²) in [5.74, 6) is 2.88. The quantitative estimate of drug-likeness (QED) is 0.805. The maximum atomic E-state index is 5.59. The van der Waals surface area contributed by atoms with E-state index in [-0.39, 0.29) is 0 Å². The Balaban J connectivity index is 1.56. The van der Waals surface area contributed by atoms with E-state index in [1.54, 1.807) is 0 Å². The predicted octanol–water partition coefficient (Wildman–Crippen LogP) is 2.48. The lowest BCUT2D eigenvalue weighted by atomic mass is 9.89. The highest BCUT2D eigenvalue weighted by atomic mass is 32.1. The molecule has 0 N–H and O–H groups in total. The summed E-state index contributed by atoms with van der Waals surface area (Å²) in [5, 5.41) is 1.33. The minimum absolute atomic E-state index is 0.776. The zero-order valence-electron chi connectivity index (χ0n) is 16.1. The molecule has 7 heteroatoms. The Hall–Kier alpha value is -1.28. The van der Waals surface area contributed by atoms with Gasteiger partial charge in [-0.05, 0) is 30.7 Å². The second-order valence-corrected chi connectivity index (χ2v) is 9.07. The number of aryl methyl sites for hydroxylation is 1. The minimum atomic E-state index is 0.776. The number of anilines is 1. The van der Waals surface area contributed by atoms with Crippen LogP contribution in [-0.2, 0) is 28.9 Å². The highest BCUT2D eigenvalue weighted by Gasteiger charge is 2.27. The third-order valence-electron chi connectivity index (χ3n) is 5.96. The number of fused-ring (bicyclic) bond motifs is 3. The maximum Gasteiger partial charge on any atom is 0.146 e. The smallest absolute Gasteiger partial charge is 0.146 e. The van der Waals surface area contributed by atoms with Crippen molar-refractivity contribution in [2.75, 3.05) is 57.5 Å². The summed E-state index contributed by atoms with van der Waals surface area (Å²) in [7, 11) is 0. The van der Waals surface area contributed by atoms with Crippen molar-refractivity contribution in [3.8, 4) is 0 Å². The molecule has 3 aliphatic rings. The van der Waals surface area contributed by atoms with E-state index < -0.39 is 0 Å². The molecular weight excluding hydrogens is 360 g/mol. The van der Waals surface area contributed by atoms with E-state index in [4.69, 9.17) is 19.4 Å². The highest BCUT2D eigenvalue weighted by molar-refractivity contribution is 7.19. The molecule has 0 radical (unpaired) electrons. The summed E-state index contributed by atoms with van der Waals surface area (Å²) in [6, 6.07) is 0. The van der Waals surface area contributed by atoms with Gasteiger partial charge >= 0.3 is 0 Å². The lowest BCUT2D eigenvalue weighted by Crippen LogP contribution is -2.38. The summed E-state index contributed by atoms with van der Waals surface area (Å²) >= 11 is 1.91. The first-order chi connectivity index (χ1) is 13.3. The minimum Gasteiger partial charge on any atom is -0.379 e. The largest absolute Gasteiger partial charge is 0.379 e. The van der Waals surface area contributed by atoms with Crippen molar-refractivity contribution in [2.24, 2.45) is 5.92 Å². The number of hydrogen-bond donors (Lipinski definition) is 0. The molecule has 5 rings (SSSR count). The number of morpholine rings is 2. The van der Waals surface area contributed by atoms with Gasteiger partial charge in [0.25, 0.3) is 0 Å². The lowest BCUT2D eigenvalue weighted by molar-refractivity contribution is 0.0331. The number of nitrogens with zero attached hydrogens (tertiary/aromatic N) is 4. The van der Waals surface area contributed by atoms with Crippen molar-refractivity contribution in [3.05, 3.63) is 16.3 Å². The Labute approximate surface area is 164 Å². The van der Waals surface area contributed by atoms with Crippen LogP contribution in [0.5, 0.6) is 0 Å². The molecule has 0 saturated carbocycles. The van der Waals surface area contributed by atoms with Crippen LogP contribution in [-0.4, -0.2) is 67.5 Å². The van der Waals surface area contributed by atoms with Crippen molar-refractivity contribution in [1.82, 2.24) is 14.9 Å². The molecule has 0 aromatic carbocycles. The molecule has 2 fully saturated rings. The van der Waals surface area contributed by atoms with Crippen LogP contribution < -0.4 is 4.90 Å². The Morgan fingerprint density at radius 1 is 1.04 bits per heavy atom. The van der Waals surface area contributed by atoms with Crippen LogP contribution >= 0.6 is 11.3 Å². The van der Waals surface area contributed by atoms with E-state index in [1.807, 2.05) is 11.3 Å². The average molecular weight is 389 g/mol. The number of thiophene rings is 1. The van der Waals surface area contributed by atoms with Gasteiger partial charge in [0.1, 0.15) is 16.5 Å². The van der Waals surface area contributed by atoms with Crippen molar-refractivity contribution in [2.45, 2.75) is 32.7 Å². The number of ether oxygens (including phenoxy) is 2. The molecule has 2 aromatic heterocycles. The summed E-state index contributed by atoms with van der Waals surface area (Å²) in [6.07, 6.45) is 3.63. The molecule has 2 aromatic rings. The van der Waals surface area contributed by atoms with Gasteiger partial charge in [-0.1, -0.05) is 6.92 Å². The summed E-state index contributed by atoms with van der Waals surface area (Å²) < 4.78 is 11.1. The molecule has 1 aliphatic carbocycles. The fourth-order valence-corrected chi connectivity index (χ4v) is 5.80. The van der Waals surface area contributed by atoms with Crippen LogP contribution in [0.4, 0.5) is 5.82 Å². The van der Waals surface area contributed by atoms with Gasteiger partial charge in [-0.3, -0.25) is 4.90 Å². The van der Waals surface area contributed by atoms with E-state index in [1.165, 1.54) is 39.9 Å². The Kier molecular flexibility index (Phi) is 5.02. The first-order valence-corrected chi connectivity index (χ1v) is 11.0. The molecule has 0 unspecified atom stereocenters. The fourth-order valence-electron chi connectivity index (χ4n) is 4.40. The zero-order valence-corrected chi connectivity index (χ0v) is 16.9. The van der Waals surface area contributed by atoms with Crippen molar-refractivity contribution in [3.63, 3.8) is 0 Å². The van der Waals surface area contributed by atoms with Crippen LogP contribution in [0.25, 0.3) is 10.2 Å². The molecule has 0 amide bonds. The van der Waals surface area contributed by atoms with Crippen LogP contribution in [0.2, 0.25) is 0 Å². The molecule has 6 nitrogen and oxygen atoms in total. The van der Waals surface area contributed by atoms with E-state index in [0.29, 0.717) is 0 Å². The van der Waals surface area contributed by atoms with Crippen LogP contribution in [0.1, 0.15) is 29.6 Å². The van der Waals surface area contributed by atoms with Gasteiger partial charge in [0.05, 0.1) is 38.4 Å². The Morgan fingerprint density at radius 2 is 1.78 bits per heavy atom. The van der Waals surface area contributed by atoms with Gasteiger partial charge in [0, 0.05) is 31.1 Å². The third kappa shape index (κ3) is 3.58. The first kappa shape index (κ1) is 17.8. The monoisotopic (exact) mass is 388 g/mol. The molecule has 0 bridgehead atoms. The van der Waals surface area contributed by atoms with Gasteiger partial charge in [-0.2, -0.15) is 0 Å². The standard InChI is InChI=1S/C20H28N4O2S/c1-14-2-3-15-16(12-14)27-20-18(15)19(24-6-10-26-11-7-24)21-17(22-20)13-23-4-8-25-9-5-23/h14H,2-13H2,1H3/t14-/m0/s1. The zero-order chi connectivity index (χ0) is 18.2. The summed E-state index contributed by atoms with van der Waals surface area (Å²) in [6.45, 7) is 10.1. The van der Waals surface area contributed by atoms with E-state index in [2.05, 4.69) is 16.7 Å². The maximum absolute atomic E-state index is 5.59. The topological polar surface area (TPSA) is 50.7 Å². The molecule has 2 saturated heterocycles. The molecule has 2 aliphatic heterocycles. The van der Waals surface area contributed by atoms with Crippen molar-refractivity contribution in [1.29, 1.82) is 0 Å². The molecule has 146 valence electrons. The summed E-state index contributed by atoms with van der Waals surface area (Å²) in [4.78, 5) is 17.7. The Bertz CT molecular complexity index is 812. The normalized spacial score (nSPS) is 24.3. The summed E-state index contributed by atoms with van der Waals surface area (Å²) in [5.41, 5.74) is 1.52. The number of hydrogen-bond acceptors (Lipinski definition) is 7. The van der Waals surface area contributed by atoms with E-state index >= 15 is 0 Å². The second kappa shape index (κ2) is 7.62. The highest BCUT2D eigenvalue weighted by Crippen LogP contribution is 2.41. The number of rotatable bonds is 3. The predicted molar refractivity (Wildman–Crippen MR) is 108 cm³/mol.